The number of alkyl halides is 1. The number of rotatable bonds is 0. The SMILES string of the molecule is CC1(C)CC([O])(F)CC(C)(C)N1. The molecule has 1 fully saturated rings. The van der Waals surface area contributed by atoms with Crippen LogP contribution < -0.4 is 5.32 Å². The molecule has 0 bridgehead atoms. The summed E-state index contributed by atoms with van der Waals surface area (Å²) in [5, 5.41) is 14.5. The van der Waals surface area contributed by atoms with Crippen LogP contribution in [0.3, 0.4) is 0 Å². The lowest BCUT2D eigenvalue weighted by Crippen LogP contribution is -2.61. The number of halogens is 1. The van der Waals surface area contributed by atoms with Gasteiger partial charge in [-0.25, -0.2) is 4.39 Å². The second kappa shape index (κ2) is 2.42. The molecule has 1 heterocycles. The van der Waals surface area contributed by atoms with Crippen LogP contribution in [0.1, 0.15) is 40.5 Å². The molecule has 71 valence electrons. The van der Waals surface area contributed by atoms with Gasteiger partial charge < -0.3 is 5.32 Å². The Hall–Kier alpha value is -0.150. The quantitative estimate of drug-likeness (QED) is 0.598. The van der Waals surface area contributed by atoms with Crippen molar-refractivity contribution < 1.29 is 9.50 Å². The number of hydrogen-bond acceptors (Lipinski definition) is 1. The molecule has 1 aliphatic heterocycles. The van der Waals surface area contributed by atoms with Crippen molar-refractivity contribution in [2.24, 2.45) is 0 Å². The van der Waals surface area contributed by atoms with E-state index in [0.717, 1.165) is 0 Å². The van der Waals surface area contributed by atoms with Gasteiger partial charge in [0.25, 0.3) is 0 Å². The zero-order valence-corrected chi connectivity index (χ0v) is 8.20. The lowest BCUT2D eigenvalue weighted by Gasteiger charge is -2.46. The summed E-state index contributed by atoms with van der Waals surface area (Å²) in [6, 6.07) is 0. The highest BCUT2D eigenvalue weighted by molar-refractivity contribution is 4.99. The third-order valence-corrected chi connectivity index (χ3v) is 2.09. The predicted molar refractivity (Wildman–Crippen MR) is 45.1 cm³/mol. The van der Waals surface area contributed by atoms with Gasteiger partial charge in [0.2, 0.25) is 5.85 Å². The molecule has 1 aliphatic rings. The third-order valence-electron chi connectivity index (χ3n) is 2.09. The highest BCUT2D eigenvalue weighted by Crippen LogP contribution is 2.36. The topological polar surface area (TPSA) is 31.9 Å². The smallest absolute Gasteiger partial charge is 0.244 e. The highest BCUT2D eigenvalue weighted by Gasteiger charge is 2.47. The Labute approximate surface area is 73.2 Å². The van der Waals surface area contributed by atoms with Gasteiger partial charge in [-0.1, -0.05) is 0 Å². The number of hydrogen-bond donors (Lipinski definition) is 1. The normalized spacial score (nSPS) is 31.5. The van der Waals surface area contributed by atoms with Gasteiger partial charge >= 0.3 is 0 Å². The zero-order chi connectivity index (χ0) is 9.62. The number of nitrogens with one attached hydrogen (secondary N) is 1. The third kappa shape index (κ3) is 2.42. The van der Waals surface area contributed by atoms with Gasteiger partial charge in [0.15, 0.2) is 0 Å². The van der Waals surface area contributed by atoms with E-state index in [1.807, 2.05) is 27.7 Å². The molecule has 0 aromatic carbocycles. The predicted octanol–water partition coefficient (Wildman–Crippen LogP) is 2.02. The van der Waals surface area contributed by atoms with Crippen LogP contribution in [0.4, 0.5) is 4.39 Å². The molecule has 0 aliphatic carbocycles. The Balaban J connectivity index is 2.81. The summed E-state index contributed by atoms with van der Waals surface area (Å²) in [5.74, 6) is -2.27. The second-order valence-corrected chi connectivity index (χ2v) is 5.13. The fourth-order valence-corrected chi connectivity index (χ4v) is 2.39. The van der Waals surface area contributed by atoms with E-state index in [1.165, 1.54) is 0 Å². The van der Waals surface area contributed by atoms with Crippen molar-refractivity contribution in [3.05, 3.63) is 0 Å². The first-order chi connectivity index (χ1) is 5.12. The van der Waals surface area contributed by atoms with E-state index in [9.17, 15) is 9.50 Å². The minimum Gasteiger partial charge on any atom is -0.306 e. The summed E-state index contributed by atoms with van der Waals surface area (Å²) in [4.78, 5) is 0. The fraction of sp³-hybridized carbons (Fsp3) is 1.00. The largest absolute Gasteiger partial charge is 0.306 e. The van der Waals surface area contributed by atoms with Crippen molar-refractivity contribution in [2.45, 2.75) is 57.5 Å². The van der Waals surface area contributed by atoms with Gasteiger partial charge in [0.05, 0.1) is 0 Å². The van der Waals surface area contributed by atoms with Gasteiger partial charge in [0.1, 0.15) is 0 Å². The highest BCUT2D eigenvalue weighted by atomic mass is 19.2. The van der Waals surface area contributed by atoms with Crippen LogP contribution in [0.2, 0.25) is 0 Å². The van der Waals surface area contributed by atoms with Crippen molar-refractivity contribution in [1.82, 2.24) is 5.32 Å². The minimum atomic E-state index is -2.27. The first-order valence-corrected chi connectivity index (χ1v) is 4.31. The monoisotopic (exact) mass is 174 g/mol. The molecule has 1 N–H and O–H groups in total. The summed E-state index contributed by atoms with van der Waals surface area (Å²) in [6.45, 7) is 7.44. The van der Waals surface area contributed by atoms with Crippen LogP contribution in [0.5, 0.6) is 0 Å². The Morgan fingerprint density at radius 2 is 1.42 bits per heavy atom. The van der Waals surface area contributed by atoms with E-state index in [2.05, 4.69) is 5.32 Å². The van der Waals surface area contributed by atoms with Crippen molar-refractivity contribution >= 4 is 0 Å². The summed E-state index contributed by atoms with van der Waals surface area (Å²) in [7, 11) is 0. The van der Waals surface area contributed by atoms with Crippen molar-refractivity contribution in [2.75, 3.05) is 0 Å². The maximum absolute atomic E-state index is 13.3. The van der Waals surface area contributed by atoms with Crippen LogP contribution in [0.15, 0.2) is 0 Å². The molecule has 2 nitrogen and oxygen atoms in total. The molecule has 0 atom stereocenters. The summed E-state index contributed by atoms with van der Waals surface area (Å²) < 4.78 is 13.3. The van der Waals surface area contributed by atoms with Crippen LogP contribution in [0, 0.1) is 0 Å². The zero-order valence-electron chi connectivity index (χ0n) is 8.20. The molecule has 0 aromatic heterocycles. The first kappa shape index (κ1) is 9.93. The van der Waals surface area contributed by atoms with Crippen LogP contribution >= 0.6 is 0 Å². The average molecular weight is 174 g/mol. The van der Waals surface area contributed by atoms with Crippen LogP contribution in [-0.4, -0.2) is 16.9 Å². The van der Waals surface area contributed by atoms with Crippen molar-refractivity contribution in [3.63, 3.8) is 0 Å². The van der Waals surface area contributed by atoms with Crippen molar-refractivity contribution in [3.8, 4) is 0 Å². The molecule has 1 saturated heterocycles. The minimum absolute atomic E-state index is 0.0451. The Kier molecular flexibility index (Phi) is 2.00. The van der Waals surface area contributed by atoms with Crippen LogP contribution in [0.25, 0.3) is 0 Å². The van der Waals surface area contributed by atoms with Gasteiger partial charge in [-0.15, -0.1) is 0 Å². The Bertz CT molecular complexity index is 142. The molecule has 0 saturated carbocycles. The van der Waals surface area contributed by atoms with E-state index >= 15 is 0 Å². The van der Waals surface area contributed by atoms with E-state index in [-0.39, 0.29) is 12.8 Å². The first-order valence-electron chi connectivity index (χ1n) is 4.31. The van der Waals surface area contributed by atoms with E-state index in [4.69, 9.17) is 0 Å². The molecule has 3 heteroatoms. The molecule has 12 heavy (non-hydrogen) atoms. The van der Waals surface area contributed by atoms with Crippen LogP contribution in [-0.2, 0) is 5.11 Å². The molecule has 0 aromatic rings. The van der Waals surface area contributed by atoms with Gasteiger partial charge in [-0.05, 0) is 27.7 Å². The maximum Gasteiger partial charge on any atom is 0.244 e. The molecule has 0 unspecified atom stereocenters. The molecule has 0 spiro atoms. The molecular formula is C9H17FNO. The van der Waals surface area contributed by atoms with Crippen molar-refractivity contribution in [1.29, 1.82) is 0 Å². The van der Waals surface area contributed by atoms with E-state index < -0.39 is 16.9 Å². The molecular weight excluding hydrogens is 157 g/mol. The van der Waals surface area contributed by atoms with Gasteiger partial charge in [-0.2, -0.15) is 5.11 Å². The Morgan fingerprint density at radius 1 is 1.08 bits per heavy atom. The second-order valence-electron chi connectivity index (χ2n) is 5.13. The summed E-state index contributed by atoms with van der Waals surface area (Å²) in [6.07, 6.45) is 0.0901. The van der Waals surface area contributed by atoms with Gasteiger partial charge in [-0.3, -0.25) is 0 Å². The van der Waals surface area contributed by atoms with Gasteiger partial charge in [0, 0.05) is 23.9 Å². The maximum atomic E-state index is 13.3. The average Bonchev–Trinajstić information content (AvgIpc) is 1.44. The lowest BCUT2D eigenvalue weighted by atomic mass is 9.80. The number of piperidine rings is 1. The Morgan fingerprint density at radius 3 is 1.67 bits per heavy atom. The summed E-state index contributed by atoms with van der Waals surface area (Å²) >= 11 is 0. The van der Waals surface area contributed by atoms with E-state index in [0.29, 0.717) is 0 Å². The lowest BCUT2D eigenvalue weighted by molar-refractivity contribution is -0.193. The molecule has 1 rings (SSSR count). The standard InChI is InChI=1S/C9H17FNO/c1-7(2)5-9(10,12)6-8(3,4)11-7/h11H,5-6H2,1-4H3. The molecule has 0 amide bonds. The summed E-state index contributed by atoms with van der Waals surface area (Å²) in [5.41, 5.74) is -0.781. The van der Waals surface area contributed by atoms with E-state index in [1.54, 1.807) is 0 Å². The fourth-order valence-electron chi connectivity index (χ4n) is 2.39. The molecule has 1 radical (unpaired) electrons.